The molecule has 1 rings (SSSR count). The van der Waals surface area contributed by atoms with E-state index in [2.05, 4.69) is 5.32 Å². The van der Waals surface area contributed by atoms with Gasteiger partial charge in [-0.05, 0) is 27.7 Å². The molecular weight excluding hydrogens is 278 g/mol. The van der Waals surface area contributed by atoms with Crippen LogP contribution in [-0.4, -0.2) is 58.2 Å². The molecule has 4 N–H and O–H groups in total. The van der Waals surface area contributed by atoms with E-state index in [-0.39, 0.29) is 13.0 Å². The third kappa shape index (κ3) is 4.89. The van der Waals surface area contributed by atoms with Crippen LogP contribution in [0.25, 0.3) is 0 Å². The SMILES string of the molecule is CC(NC(=O)OC(C)(C)C)C(=O)N1CC(O)CC1C(N)=O. The van der Waals surface area contributed by atoms with E-state index >= 15 is 0 Å². The lowest BCUT2D eigenvalue weighted by molar-refractivity contribution is -0.138. The van der Waals surface area contributed by atoms with Gasteiger partial charge in [0, 0.05) is 13.0 Å². The van der Waals surface area contributed by atoms with Crippen LogP contribution < -0.4 is 11.1 Å². The minimum Gasteiger partial charge on any atom is -0.444 e. The largest absolute Gasteiger partial charge is 0.444 e. The van der Waals surface area contributed by atoms with Crippen LogP contribution in [0.15, 0.2) is 0 Å². The molecule has 21 heavy (non-hydrogen) atoms. The zero-order valence-electron chi connectivity index (χ0n) is 12.8. The van der Waals surface area contributed by atoms with Gasteiger partial charge in [0.2, 0.25) is 11.8 Å². The molecule has 3 atom stereocenters. The monoisotopic (exact) mass is 301 g/mol. The standard InChI is InChI=1S/C13H23N3O5/c1-7(15-12(20)21-13(2,3)4)11(19)16-6-8(17)5-9(16)10(14)18/h7-9,17H,5-6H2,1-4H3,(H2,14,18)(H,15,20). The Morgan fingerprint density at radius 3 is 2.43 bits per heavy atom. The average molecular weight is 301 g/mol. The van der Waals surface area contributed by atoms with Gasteiger partial charge in [-0.3, -0.25) is 9.59 Å². The number of aliphatic hydroxyl groups excluding tert-OH is 1. The van der Waals surface area contributed by atoms with E-state index in [0.29, 0.717) is 0 Å². The Kier molecular flexibility index (Phi) is 5.16. The van der Waals surface area contributed by atoms with E-state index in [1.807, 2.05) is 0 Å². The zero-order valence-corrected chi connectivity index (χ0v) is 12.8. The summed E-state index contributed by atoms with van der Waals surface area (Å²) in [5.41, 5.74) is 4.54. The number of nitrogens with one attached hydrogen (secondary N) is 1. The smallest absolute Gasteiger partial charge is 0.408 e. The van der Waals surface area contributed by atoms with Crippen molar-refractivity contribution in [2.24, 2.45) is 5.73 Å². The summed E-state index contributed by atoms with van der Waals surface area (Å²) >= 11 is 0. The van der Waals surface area contributed by atoms with Gasteiger partial charge in [-0.2, -0.15) is 0 Å². The summed E-state index contributed by atoms with van der Waals surface area (Å²) in [6, 6.07) is -1.73. The highest BCUT2D eigenvalue weighted by atomic mass is 16.6. The van der Waals surface area contributed by atoms with Crippen molar-refractivity contribution in [2.75, 3.05) is 6.54 Å². The second-order valence-electron chi connectivity index (χ2n) is 6.17. The van der Waals surface area contributed by atoms with Gasteiger partial charge in [0.15, 0.2) is 0 Å². The molecule has 8 nitrogen and oxygen atoms in total. The van der Waals surface area contributed by atoms with Crippen LogP contribution in [0.5, 0.6) is 0 Å². The van der Waals surface area contributed by atoms with Crippen molar-refractivity contribution in [1.82, 2.24) is 10.2 Å². The molecule has 3 unspecified atom stereocenters. The molecule has 0 aliphatic carbocycles. The van der Waals surface area contributed by atoms with Crippen LogP contribution in [0.3, 0.4) is 0 Å². The molecule has 8 heteroatoms. The Balaban J connectivity index is 2.65. The first-order valence-electron chi connectivity index (χ1n) is 6.78. The Morgan fingerprint density at radius 1 is 1.38 bits per heavy atom. The highest BCUT2D eigenvalue weighted by Crippen LogP contribution is 2.18. The number of primary amides is 1. The first kappa shape index (κ1) is 17.2. The number of carbonyl (C=O) groups excluding carboxylic acids is 3. The maximum Gasteiger partial charge on any atom is 0.408 e. The summed E-state index contributed by atoms with van der Waals surface area (Å²) in [5.74, 6) is -1.16. The van der Waals surface area contributed by atoms with Crippen LogP contribution >= 0.6 is 0 Å². The quantitative estimate of drug-likeness (QED) is 0.639. The molecule has 1 heterocycles. The molecule has 1 aliphatic rings. The molecule has 0 radical (unpaired) electrons. The lowest BCUT2D eigenvalue weighted by Crippen LogP contribution is -2.52. The number of ether oxygens (including phenoxy) is 1. The molecular formula is C13H23N3O5. The van der Waals surface area contributed by atoms with E-state index in [1.54, 1.807) is 20.8 Å². The number of aliphatic hydroxyl groups is 1. The van der Waals surface area contributed by atoms with Crippen molar-refractivity contribution in [1.29, 1.82) is 0 Å². The summed E-state index contributed by atoms with van der Waals surface area (Å²) in [5, 5.41) is 12.0. The second-order valence-corrected chi connectivity index (χ2v) is 6.17. The Morgan fingerprint density at radius 2 is 1.95 bits per heavy atom. The van der Waals surface area contributed by atoms with Gasteiger partial charge in [0.05, 0.1) is 6.10 Å². The lowest BCUT2D eigenvalue weighted by Gasteiger charge is -2.26. The molecule has 1 aliphatic heterocycles. The molecule has 0 saturated carbocycles. The van der Waals surface area contributed by atoms with Crippen LogP contribution in [0.4, 0.5) is 4.79 Å². The van der Waals surface area contributed by atoms with Gasteiger partial charge in [-0.25, -0.2) is 4.79 Å². The number of nitrogens with two attached hydrogens (primary N) is 1. The van der Waals surface area contributed by atoms with Crippen molar-refractivity contribution in [3.63, 3.8) is 0 Å². The molecule has 0 bridgehead atoms. The highest BCUT2D eigenvalue weighted by molar-refractivity contribution is 5.91. The number of carbonyl (C=O) groups is 3. The van der Waals surface area contributed by atoms with Crippen molar-refractivity contribution in [3.05, 3.63) is 0 Å². The summed E-state index contributed by atoms with van der Waals surface area (Å²) in [4.78, 5) is 36.4. The minimum absolute atomic E-state index is 0.0206. The zero-order chi connectivity index (χ0) is 16.4. The molecule has 1 fully saturated rings. The summed E-state index contributed by atoms with van der Waals surface area (Å²) < 4.78 is 5.05. The van der Waals surface area contributed by atoms with Crippen molar-refractivity contribution < 1.29 is 24.2 Å². The van der Waals surface area contributed by atoms with Crippen molar-refractivity contribution >= 4 is 17.9 Å². The maximum atomic E-state index is 12.2. The Bertz CT molecular complexity index is 432. The number of hydrogen-bond acceptors (Lipinski definition) is 5. The van der Waals surface area contributed by atoms with Crippen molar-refractivity contribution in [2.45, 2.75) is 57.9 Å². The van der Waals surface area contributed by atoms with E-state index in [1.165, 1.54) is 11.8 Å². The number of nitrogens with zero attached hydrogens (tertiary/aromatic N) is 1. The maximum absolute atomic E-state index is 12.2. The number of likely N-dealkylation sites (tertiary alicyclic amines) is 1. The van der Waals surface area contributed by atoms with E-state index in [0.717, 1.165) is 0 Å². The molecule has 3 amide bonds. The van der Waals surface area contributed by atoms with Gasteiger partial charge >= 0.3 is 6.09 Å². The lowest BCUT2D eigenvalue weighted by atomic mass is 10.2. The number of β-amino-alcohol motifs (C(OH)–C–C–N with tert-alkyl or cyclic N) is 1. The second kappa shape index (κ2) is 6.30. The normalized spacial score (nSPS) is 23.6. The molecule has 0 spiro atoms. The van der Waals surface area contributed by atoms with Gasteiger partial charge in [0.1, 0.15) is 17.7 Å². The van der Waals surface area contributed by atoms with E-state index in [9.17, 15) is 19.5 Å². The first-order chi connectivity index (χ1) is 9.51. The Hall–Kier alpha value is -1.83. The van der Waals surface area contributed by atoms with Crippen LogP contribution in [0.1, 0.15) is 34.1 Å². The third-order valence-corrected chi connectivity index (χ3v) is 2.99. The summed E-state index contributed by atoms with van der Waals surface area (Å²) in [6.07, 6.45) is -1.40. The van der Waals surface area contributed by atoms with Crippen LogP contribution in [0, 0.1) is 0 Å². The molecule has 1 saturated heterocycles. The summed E-state index contributed by atoms with van der Waals surface area (Å²) in [7, 11) is 0. The molecule has 0 aromatic rings. The molecule has 0 aromatic carbocycles. The highest BCUT2D eigenvalue weighted by Gasteiger charge is 2.39. The van der Waals surface area contributed by atoms with E-state index in [4.69, 9.17) is 10.5 Å². The molecule has 0 aromatic heterocycles. The van der Waals surface area contributed by atoms with E-state index < -0.39 is 41.7 Å². The fourth-order valence-corrected chi connectivity index (χ4v) is 2.12. The number of alkyl carbamates (subject to hydrolysis) is 1. The molecule has 120 valence electrons. The topological polar surface area (TPSA) is 122 Å². The fraction of sp³-hybridized carbons (Fsp3) is 0.769. The first-order valence-corrected chi connectivity index (χ1v) is 6.78. The Labute approximate surface area is 123 Å². The van der Waals surface area contributed by atoms with Gasteiger partial charge < -0.3 is 25.8 Å². The van der Waals surface area contributed by atoms with Gasteiger partial charge in [-0.1, -0.05) is 0 Å². The van der Waals surface area contributed by atoms with Gasteiger partial charge in [0.25, 0.3) is 0 Å². The fourth-order valence-electron chi connectivity index (χ4n) is 2.12. The predicted octanol–water partition coefficient (Wildman–Crippen LogP) is -0.653. The number of rotatable bonds is 3. The van der Waals surface area contributed by atoms with Crippen molar-refractivity contribution in [3.8, 4) is 0 Å². The van der Waals surface area contributed by atoms with Crippen LogP contribution in [-0.2, 0) is 14.3 Å². The summed E-state index contributed by atoms with van der Waals surface area (Å²) in [6.45, 7) is 6.62. The third-order valence-electron chi connectivity index (χ3n) is 2.99. The van der Waals surface area contributed by atoms with Gasteiger partial charge in [-0.15, -0.1) is 0 Å². The minimum atomic E-state index is -0.882. The predicted molar refractivity (Wildman–Crippen MR) is 74.2 cm³/mol. The van der Waals surface area contributed by atoms with Crippen LogP contribution in [0.2, 0.25) is 0 Å². The number of amides is 3. The average Bonchev–Trinajstić information content (AvgIpc) is 2.67. The number of hydrogen-bond donors (Lipinski definition) is 3.